The molecule has 0 unspecified atom stereocenters. The first kappa shape index (κ1) is 16.3. The second kappa shape index (κ2) is 7.81. The maximum Gasteiger partial charge on any atom is 0.0193 e. The molecule has 0 radical (unpaired) electrons. The van der Waals surface area contributed by atoms with Gasteiger partial charge in [0.15, 0.2) is 0 Å². The lowest BCUT2D eigenvalue weighted by atomic mass is 9.83. The van der Waals surface area contributed by atoms with Gasteiger partial charge in [-0.1, -0.05) is 72.8 Å². The van der Waals surface area contributed by atoms with Gasteiger partial charge in [0.25, 0.3) is 0 Å². The van der Waals surface area contributed by atoms with Crippen molar-refractivity contribution in [2.24, 2.45) is 0 Å². The Labute approximate surface area is 157 Å². The molecule has 0 saturated carbocycles. The van der Waals surface area contributed by atoms with Gasteiger partial charge in [-0.05, 0) is 40.4 Å². The van der Waals surface area contributed by atoms with E-state index in [-0.39, 0.29) is 0 Å². The molecule has 0 spiro atoms. The van der Waals surface area contributed by atoms with Crippen molar-refractivity contribution in [2.75, 3.05) is 0 Å². The minimum atomic E-state index is 0.425. The lowest BCUT2D eigenvalue weighted by molar-refractivity contribution is 0.658. The molecule has 4 aromatic rings. The maximum absolute atomic E-state index is 2.28. The average molecular weight is 361 g/mol. The van der Waals surface area contributed by atoms with Crippen LogP contribution in [0.25, 0.3) is 0 Å². The Balaban J connectivity index is 1.74. The first-order chi connectivity index (χ1) is 12.4. The van der Waals surface area contributed by atoms with Crippen molar-refractivity contribution in [3.8, 4) is 0 Å². The zero-order chi connectivity index (χ0) is 16.9. The van der Waals surface area contributed by atoms with Gasteiger partial charge in [-0.15, -0.1) is 22.7 Å². The summed E-state index contributed by atoms with van der Waals surface area (Å²) in [5.41, 5.74) is 2.81. The number of thiophene rings is 2. The van der Waals surface area contributed by atoms with Crippen LogP contribution in [0.5, 0.6) is 0 Å². The Hall–Kier alpha value is -2.16. The van der Waals surface area contributed by atoms with Crippen LogP contribution in [-0.4, -0.2) is 0 Å². The summed E-state index contributed by atoms with van der Waals surface area (Å²) in [4.78, 5) is 2.90. The SMILES string of the molecule is c1ccc([C@@H](C[C@@H](c2ccccc2)c2cccs2)c2cccs2)cc1. The highest BCUT2D eigenvalue weighted by Gasteiger charge is 2.23. The monoisotopic (exact) mass is 360 g/mol. The number of hydrogen-bond acceptors (Lipinski definition) is 2. The Bertz CT molecular complexity index is 787. The van der Waals surface area contributed by atoms with Crippen molar-refractivity contribution in [1.29, 1.82) is 0 Å². The summed E-state index contributed by atoms with van der Waals surface area (Å²) < 4.78 is 0. The van der Waals surface area contributed by atoms with Crippen molar-refractivity contribution < 1.29 is 0 Å². The predicted molar refractivity (Wildman–Crippen MR) is 110 cm³/mol. The lowest BCUT2D eigenvalue weighted by Crippen LogP contribution is -2.07. The van der Waals surface area contributed by atoms with Crippen molar-refractivity contribution in [1.82, 2.24) is 0 Å². The number of rotatable bonds is 6. The van der Waals surface area contributed by atoms with Crippen molar-refractivity contribution in [3.05, 3.63) is 117 Å². The van der Waals surface area contributed by atoms with Crippen LogP contribution in [0.2, 0.25) is 0 Å². The van der Waals surface area contributed by atoms with Gasteiger partial charge < -0.3 is 0 Å². The van der Waals surface area contributed by atoms with Crippen LogP contribution in [0.3, 0.4) is 0 Å². The van der Waals surface area contributed by atoms with Crippen molar-refractivity contribution in [3.63, 3.8) is 0 Å². The molecule has 0 aliphatic rings. The van der Waals surface area contributed by atoms with E-state index in [0.29, 0.717) is 11.8 Å². The molecular weight excluding hydrogens is 340 g/mol. The fraction of sp³-hybridized carbons (Fsp3) is 0.130. The molecule has 0 fully saturated rings. The van der Waals surface area contributed by atoms with E-state index < -0.39 is 0 Å². The van der Waals surface area contributed by atoms with Gasteiger partial charge in [-0.3, -0.25) is 0 Å². The van der Waals surface area contributed by atoms with E-state index in [0.717, 1.165) is 6.42 Å². The molecule has 2 aromatic carbocycles. The molecule has 0 bridgehead atoms. The quantitative estimate of drug-likeness (QED) is 0.342. The van der Waals surface area contributed by atoms with E-state index in [2.05, 4.69) is 95.7 Å². The number of benzene rings is 2. The first-order valence-electron chi connectivity index (χ1n) is 8.58. The molecule has 0 amide bonds. The first-order valence-corrected chi connectivity index (χ1v) is 10.3. The van der Waals surface area contributed by atoms with Crippen LogP contribution in [0.4, 0.5) is 0 Å². The predicted octanol–water partition coefficient (Wildman–Crippen LogP) is 7.16. The minimum Gasteiger partial charge on any atom is -0.148 e. The standard InChI is InChI=1S/C23H20S2/c1-3-9-18(10-4-1)20(22-13-7-15-24-22)17-21(23-14-8-16-25-23)19-11-5-2-6-12-19/h1-16,20-21H,17H2/t20-,21+. The molecule has 0 aliphatic carbocycles. The molecule has 2 heterocycles. The third kappa shape index (κ3) is 3.76. The van der Waals surface area contributed by atoms with E-state index in [4.69, 9.17) is 0 Å². The van der Waals surface area contributed by atoms with Crippen LogP contribution in [0, 0.1) is 0 Å². The molecule has 4 rings (SSSR count). The molecule has 124 valence electrons. The van der Waals surface area contributed by atoms with Gasteiger partial charge in [0.1, 0.15) is 0 Å². The van der Waals surface area contributed by atoms with E-state index in [1.165, 1.54) is 20.9 Å². The molecular formula is C23H20S2. The zero-order valence-electron chi connectivity index (χ0n) is 13.9. The molecule has 0 nitrogen and oxygen atoms in total. The lowest BCUT2D eigenvalue weighted by Gasteiger charge is -2.23. The Kier molecular flexibility index (Phi) is 5.10. The Morgan fingerprint density at radius 2 is 0.960 bits per heavy atom. The van der Waals surface area contributed by atoms with Crippen LogP contribution in [0.1, 0.15) is 39.1 Å². The smallest absolute Gasteiger partial charge is 0.0193 e. The van der Waals surface area contributed by atoms with E-state index in [1.807, 2.05) is 22.7 Å². The highest BCUT2D eigenvalue weighted by atomic mass is 32.1. The molecule has 0 N–H and O–H groups in total. The third-order valence-electron chi connectivity index (χ3n) is 4.65. The Morgan fingerprint density at radius 3 is 1.32 bits per heavy atom. The van der Waals surface area contributed by atoms with E-state index in [9.17, 15) is 0 Å². The van der Waals surface area contributed by atoms with Gasteiger partial charge >= 0.3 is 0 Å². The second-order valence-electron chi connectivity index (χ2n) is 6.19. The highest BCUT2D eigenvalue weighted by molar-refractivity contribution is 7.10. The summed E-state index contributed by atoms with van der Waals surface area (Å²) in [6.45, 7) is 0. The summed E-state index contributed by atoms with van der Waals surface area (Å²) >= 11 is 3.73. The molecule has 2 atom stereocenters. The fourth-order valence-corrected chi connectivity index (χ4v) is 5.15. The minimum absolute atomic E-state index is 0.425. The van der Waals surface area contributed by atoms with Gasteiger partial charge in [0, 0.05) is 21.6 Å². The molecule has 2 aromatic heterocycles. The number of hydrogen-bond donors (Lipinski definition) is 0. The maximum atomic E-state index is 2.28. The molecule has 25 heavy (non-hydrogen) atoms. The summed E-state index contributed by atoms with van der Waals surface area (Å²) in [5, 5.41) is 4.38. The summed E-state index contributed by atoms with van der Waals surface area (Å²) in [7, 11) is 0. The van der Waals surface area contributed by atoms with Crippen LogP contribution >= 0.6 is 22.7 Å². The van der Waals surface area contributed by atoms with Crippen LogP contribution in [-0.2, 0) is 0 Å². The van der Waals surface area contributed by atoms with Crippen molar-refractivity contribution >= 4 is 22.7 Å². The van der Waals surface area contributed by atoms with E-state index >= 15 is 0 Å². The summed E-state index contributed by atoms with van der Waals surface area (Å²) in [6, 6.07) is 30.7. The highest BCUT2D eigenvalue weighted by Crippen LogP contribution is 2.41. The molecule has 0 saturated heterocycles. The summed E-state index contributed by atoms with van der Waals surface area (Å²) in [6.07, 6.45) is 1.09. The summed E-state index contributed by atoms with van der Waals surface area (Å²) in [5.74, 6) is 0.849. The van der Waals surface area contributed by atoms with E-state index in [1.54, 1.807) is 0 Å². The van der Waals surface area contributed by atoms with Gasteiger partial charge in [-0.2, -0.15) is 0 Å². The van der Waals surface area contributed by atoms with Gasteiger partial charge in [0.05, 0.1) is 0 Å². The van der Waals surface area contributed by atoms with Crippen molar-refractivity contribution in [2.45, 2.75) is 18.3 Å². The van der Waals surface area contributed by atoms with Gasteiger partial charge in [0.2, 0.25) is 0 Å². The second-order valence-corrected chi connectivity index (χ2v) is 8.15. The topological polar surface area (TPSA) is 0 Å². The fourth-order valence-electron chi connectivity index (χ4n) is 3.42. The molecule has 2 heteroatoms. The molecule has 0 aliphatic heterocycles. The normalized spacial score (nSPS) is 13.4. The zero-order valence-corrected chi connectivity index (χ0v) is 15.5. The third-order valence-corrected chi connectivity index (χ3v) is 6.62. The van der Waals surface area contributed by atoms with Crippen LogP contribution < -0.4 is 0 Å². The average Bonchev–Trinajstić information content (AvgIpc) is 3.38. The Morgan fingerprint density at radius 1 is 0.520 bits per heavy atom. The van der Waals surface area contributed by atoms with Crippen LogP contribution in [0.15, 0.2) is 95.7 Å². The van der Waals surface area contributed by atoms with Gasteiger partial charge in [-0.25, -0.2) is 0 Å². The largest absolute Gasteiger partial charge is 0.148 e.